The fourth-order valence-corrected chi connectivity index (χ4v) is 1.68. The molecule has 1 aromatic carbocycles. The van der Waals surface area contributed by atoms with Gasteiger partial charge in [0.2, 0.25) is 0 Å². The molecule has 15 heavy (non-hydrogen) atoms. The molecule has 0 amide bonds. The van der Waals surface area contributed by atoms with Crippen LogP contribution >= 0.6 is 0 Å². The fraction of sp³-hybridized carbons (Fsp3) is 0.231. The van der Waals surface area contributed by atoms with E-state index in [4.69, 9.17) is 0 Å². The molecule has 1 aromatic rings. The van der Waals surface area contributed by atoms with Gasteiger partial charge in [-0.25, -0.2) is 0 Å². The van der Waals surface area contributed by atoms with Crippen molar-refractivity contribution in [3.05, 3.63) is 53.7 Å². The third kappa shape index (κ3) is 2.04. The van der Waals surface area contributed by atoms with Crippen molar-refractivity contribution in [1.82, 2.24) is 10.4 Å². The molecule has 0 atom stereocenters. The molecule has 2 heteroatoms. The Morgan fingerprint density at radius 2 is 1.93 bits per heavy atom. The third-order valence-electron chi connectivity index (χ3n) is 2.64. The highest BCUT2D eigenvalue weighted by atomic mass is 15.5. The number of hydrazine groups is 1. The summed E-state index contributed by atoms with van der Waals surface area (Å²) in [6.07, 6.45) is 7.14. The van der Waals surface area contributed by atoms with E-state index in [0.717, 1.165) is 6.42 Å². The van der Waals surface area contributed by atoms with Gasteiger partial charge < -0.3 is 5.43 Å². The van der Waals surface area contributed by atoms with Crippen molar-refractivity contribution in [2.45, 2.75) is 13.3 Å². The van der Waals surface area contributed by atoms with Crippen LogP contribution in [0.2, 0.25) is 0 Å². The Bertz CT molecular complexity index is 388. The van der Waals surface area contributed by atoms with Gasteiger partial charge in [-0.2, -0.15) is 0 Å². The van der Waals surface area contributed by atoms with Crippen molar-refractivity contribution < 1.29 is 0 Å². The standard InChI is InChI=1S/C13H16N2/c1-3-11-6-8-12(9-7-11)13-5-4-10-14-15(13)2/h4-10,14H,3H2,1-2H3. The van der Waals surface area contributed by atoms with E-state index in [0.29, 0.717) is 0 Å². The van der Waals surface area contributed by atoms with E-state index in [1.807, 2.05) is 24.3 Å². The van der Waals surface area contributed by atoms with Crippen LogP contribution in [0.3, 0.4) is 0 Å². The molecule has 0 bridgehead atoms. The molecule has 78 valence electrons. The summed E-state index contributed by atoms with van der Waals surface area (Å²) in [5.74, 6) is 0. The number of hydrogen-bond acceptors (Lipinski definition) is 2. The largest absolute Gasteiger partial charge is 0.306 e. The Labute approximate surface area is 90.9 Å². The summed E-state index contributed by atoms with van der Waals surface area (Å²) in [7, 11) is 2.02. The molecule has 0 radical (unpaired) electrons. The number of rotatable bonds is 2. The van der Waals surface area contributed by atoms with Gasteiger partial charge in [0.25, 0.3) is 0 Å². The molecule has 1 N–H and O–H groups in total. The van der Waals surface area contributed by atoms with Crippen molar-refractivity contribution >= 4 is 5.70 Å². The molecule has 2 rings (SSSR count). The normalized spacial score (nSPS) is 14.8. The molecular weight excluding hydrogens is 184 g/mol. The first kappa shape index (κ1) is 9.84. The minimum absolute atomic E-state index is 1.09. The number of aryl methyl sites for hydroxylation is 1. The van der Waals surface area contributed by atoms with Crippen LogP contribution < -0.4 is 5.43 Å². The number of benzene rings is 1. The molecule has 1 heterocycles. The predicted molar refractivity (Wildman–Crippen MR) is 63.8 cm³/mol. The highest BCUT2D eigenvalue weighted by Gasteiger charge is 2.07. The van der Waals surface area contributed by atoms with Crippen LogP contribution in [0.1, 0.15) is 18.1 Å². The maximum atomic E-state index is 3.14. The second-order valence-corrected chi connectivity index (χ2v) is 3.65. The summed E-state index contributed by atoms with van der Waals surface area (Å²) in [6.45, 7) is 2.17. The Hall–Kier alpha value is -1.70. The summed E-state index contributed by atoms with van der Waals surface area (Å²) in [5.41, 5.74) is 6.96. The number of hydrogen-bond donors (Lipinski definition) is 1. The highest BCUT2D eigenvalue weighted by molar-refractivity contribution is 5.66. The van der Waals surface area contributed by atoms with E-state index >= 15 is 0 Å². The van der Waals surface area contributed by atoms with Crippen molar-refractivity contribution in [1.29, 1.82) is 0 Å². The quantitative estimate of drug-likeness (QED) is 0.789. The smallest absolute Gasteiger partial charge is 0.0641 e. The SMILES string of the molecule is CCc1ccc(C2=CC=CNN2C)cc1. The summed E-state index contributed by atoms with van der Waals surface area (Å²) >= 11 is 0. The van der Waals surface area contributed by atoms with Crippen molar-refractivity contribution in [2.75, 3.05) is 7.05 Å². The lowest BCUT2D eigenvalue weighted by Gasteiger charge is -2.25. The molecular formula is C13H16N2. The Balaban J connectivity index is 2.29. The number of nitrogens with zero attached hydrogens (tertiary/aromatic N) is 1. The van der Waals surface area contributed by atoms with E-state index in [2.05, 4.69) is 42.7 Å². The molecule has 0 unspecified atom stereocenters. The highest BCUT2D eigenvalue weighted by Crippen LogP contribution is 2.19. The van der Waals surface area contributed by atoms with Crippen LogP contribution in [-0.2, 0) is 6.42 Å². The van der Waals surface area contributed by atoms with E-state index in [-0.39, 0.29) is 0 Å². The summed E-state index contributed by atoms with van der Waals surface area (Å²) in [4.78, 5) is 0. The molecule has 1 aliphatic rings. The first-order valence-corrected chi connectivity index (χ1v) is 5.27. The summed E-state index contributed by atoms with van der Waals surface area (Å²) in [5, 5.41) is 2.01. The average molecular weight is 200 g/mol. The van der Waals surface area contributed by atoms with Gasteiger partial charge >= 0.3 is 0 Å². The Kier molecular flexibility index (Phi) is 2.77. The van der Waals surface area contributed by atoms with Crippen LogP contribution in [-0.4, -0.2) is 12.1 Å². The zero-order chi connectivity index (χ0) is 10.7. The van der Waals surface area contributed by atoms with Gasteiger partial charge in [-0.3, -0.25) is 5.01 Å². The zero-order valence-electron chi connectivity index (χ0n) is 9.20. The predicted octanol–water partition coefficient (Wildman–Crippen LogP) is 2.55. The van der Waals surface area contributed by atoms with Gasteiger partial charge in [-0.1, -0.05) is 31.2 Å². The molecule has 0 aliphatic carbocycles. The van der Waals surface area contributed by atoms with Crippen LogP contribution in [0, 0.1) is 0 Å². The lowest BCUT2D eigenvalue weighted by molar-refractivity contribution is 0.405. The van der Waals surface area contributed by atoms with Crippen molar-refractivity contribution in [2.24, 2.45) is 0 Å². The van der Waals surface area contributed by atoms with E-state index in [1.165, 1.54) is 16.8 Å². The molecule has 0 saturated heterocycles. The van der Waals surface area contributed by atoms with Crippen LogP contribution in [0.5, 0.6) is 0 Å². The minimum atomic E-state index is 1.09. The lowest BCUT2D eigenvalue weighted by atomic mass is 10.1. The van der Waals surface area contributed by atoms with Crippen LogP contribution in [0.25, 0.3) is 5.70 Å². The fourth-order valence-electron chi connectivity index (χ4n) is 1.68. The van der Waals surface area contributed by atoms with E-state index in [1.54, 1.807) is 0 Å². The van der Waals surface area contributed by atoms with E-state index < -0.39 is 0 Å². The maximum absolute atomic E-state index is 3.14. The van der Waals surface area contributed by atoms with Gasteiger partial charge in [-0.05, 0) is 29.7 Å². The maximum Gasteiger partial charge on any atom is 0.0641 e. The van der Waals surface area contributed by atoms with Crippen molar-refractivity contribution in [3.63, 3.8) is 0 Å². The molecule has 0 aromatic heterocycles. The number of allylic oxidation sites excluding steroid dienone is 2. The molecule has 2 nitrogen and oxygen atoms in total. The van der Waals surface area contributed by atoms with Gasteiger partial charge in [0.15, 0.2) is 0 Å². The topological polar surface area (TPSA) is 15.3 Å². The Morgan fingerprint density at radius 3 is 2.53 bits per heavy atom. The molecule has 0 saturated carbocycles. The lowest BCUT2D eigenvalue weighted by Crippen LogP contribution is -2.30. The third-order valence-corrected chi connectivity index (χ3v) is 2.64. The first-order valence-electron chi connectivity index (χ1n) is 5.27. The van der Waals surface area contributed by atoms with Gasteiger partial charge in [0, 0.05) is 13.2 Å². The average Bonchev–Trinajstić information content (AvgIpc) is 2.30. The van der Waals surface area contributed by atoms with E-state index in [9.17, 15) is 0 Å². The second kappa shape index (κ2) is 4.22. The van der Waals surface area contributed by atoms with Gasteiger partial charge in [0.05, 0.1) is 5.70 Å². The van der Waals surface area contributed by atoms with Crippen molar-refractivity contribution in [3.8, 4) is 0 Å². The zero-order valence-corrected chi connectivity index (χ0v) is 9.20. The van der Waals surface area contributed by atoms with Crippen LogP contribution in [0.4, 0.5) is 0 Å². The molecule has 0 spiro atoms. The molecule has 1 aliphatic heterocycles. The van der Waals surface area contributed by atoms with Crippen LogP contribution in [0.15, 0.2) is 42.6 Å². The molecule has 0 fully saturated rings. The Morgan fingerprint density at radius 1 is 1.20 bits per heavy atom. The second-order valence-electron chi connectivity index (χ2n) is 3.65. The minimum Gasteiger partial charge on any atom is -0.306 e. The first-order chi connectivity index (χ1) is 7.31. The van der Waals surface area contributed by atoms with Gasteiger partial charge in [-0.15, -0.1) is 0 Å². The number of nitrogens with one attached hydrogen (secondary N) is 1. The summed E-state index contributed by atoms with van der Waals surface area (Å²) < 4.78 is 0. The monoisotopic (exact) mass is 200 g/mol. The summed E-state index contributed by atoms with van der Waals surface area (Å²) in [6, 6.07) is 8.70. The van der Waals surface area contributed by atoms with Gasteiger partial charge in [0.1, 0.15) is 0 Å².